The number of pyridine rings is 1. The molecule has 0 unspecified atom stereocenters. The molecule has 1 amide bonds. The lowest BCUT2D eigenvalue weighted by atomic mass is 9.95. The lowest BCUT2D eigenvalue weighted by Crippen LogP contribution is -2.42. The van der Waals surface area contributed by atoms with E-state index in [1.54, 1.807) is 27.8 Å². The van der Waals surface area contributed by atoms with Crippen LogP contribution in [0.5, 0.6) is 0 Å². The van der Waals surface area contributed by atoms with Crippen LogP contribution in [0.15, 0.2) is 59.5 Å². The lowest BCUT2D eigenvalue weighted by Gasteiger charge is -2.35. The minimum Gasteiger partial charge on any atom is -0.310 e. The molecule has 0 radical (unpaired) electrons. The molecule has 4 rings (SSSR count). The van der Waals surface area contributed by atoms with E-state index in [2.05, 4.69) is 6.07 Å². The van der Waals surface area contributed by atoms with Gasteiger partial charge in [-0.15, -0.1) is 0 Å². The van der Waals surface area contributed by atoms with Crippen LogP contribution < -0.4 is 10.5 Å². The highest BCUT2D eigenvalue weighted by molar-refractivity contribution is 6.07. The molecule has 0 spiro atoms. The molecular weight excluding hydrogens is 379 g/mol. The summed E-state index contributed by atoms with van der Waals surface area (Å²) in [5.74, 6) is -0.470. The molecule has 0 bridgehead atoms. The molecule has 0 saturated carbocycles. The van der Waals surface area contributed by atoms with E-state index in [4.69, 9.17) is 0 Å². The Hall–Kier alpha value is -3.21. The maximum absolute atomic E-state index is 13.7. The number of aromatic nitrogens is 1. The Morgan fingerprint density at radius 2 is 1.90 bits per heavy atom. The van der Waals surface area contributed by atoms with Crippen LogP contribution in [0.25, 0.3) is 0 Å². The van der Waals surface area contributed by atoms with E-state index < -0.39 is 0 Å². The van der Waals surface area contributed by atoms with Gasteiger partial charge in [-0.25, -0.2) is 4.39 Å². The first-order valence-corrected chi connectivity index (χ1v) is 10.2. The third kappa shape index (κ3) is 3.80. The lowest BCUT2D eigenvalue weighted by molar-refractivity contribution is 0.0974. The second-order valence-electron chi connectivity index (χ2n) is 8.15. The molecule has 1 aliphatic heterocycles. The summed E-state index contributed by atoms with van der Waals surface area (Å²) in [5, 5.41) is 0. The van der Waals surface area contributed by atoms with Crippen molar-refractivity contribution in [1.82, 2.24) is 4.57 Å². The summed E-state index contributed by atoms with van der Waals surface area (Å²) in [7, 11) is 0. The number of hydrogen-bond donors (Lipinski definition) is 0. The van der Waals surface area contributed by atoms with Gasteiger partial charge in [0, 0.05) is 24.0 Å². The molecule has 1 aliphatic rings. The Balaban J connectivity index is 1.70. The van der Waals surface area contributed by atoms with E-state index in [9.17, 15) is 14.0 Å². The van der Waals surface area contributed by atoms with E-state index in [-0.39, 0.29) is 23.3 Å². The number of carbonyl (C=O) groups is 1. The van der Waals surface area contributed by atoms with Crippen molar-refractivity contribution in [3.63, 3.8) is 0 Å². The van der Waals surface area contributed by atoms with Crippen molar-refractivity contribution in [1.29, 1.82) is 0 Å². The van der Waals surface area contributed by atoms with Gasteiger partial charge in [0.1, 0.15) is 5.82 Å². The molecule has 3 aromatic rings. The van der Waals surface area contributed by atoms with Gasteiger partial charge in [0.25, 0.3) is 11.5 Å². The predicted octanol–water partition coefficient (Wildman–Crippen LogP) is 4.63. The molecule has 4 nitrogen and oxygen atoms in total. The average Bonchev–Trinajstić information content (AvgIpc) is 2.72. The molecule has 30 heavy (non-hydrogen) atoms. The summed E-state index contributed by atoms with van der Waals surface area (Å²) < 4.78 is 15.2. The van der Waals surface area contributed by atoms with Gasteiger partial charge in [0.2, 0.25) is 0 Å². The fraction of sp³-hybridized carbons (Fsp3) is 0.280. The number of carbonyl (C=O) groups excluding carboxylic acids is 1. The molecule has 154 valence electrons. The standard InChI is InChI=1S/C25H25FN2O2/c1-16-4-5-17(2)21(12-16)15-27-14-20(8-11-24(27)29)25(30)28-18(3)6-7-19-13-22(26)9-10-23(19)28/h4-5,8-14,18H,6-7,15H2,1-3H3/t18-/m1/s1. The first-order valence-electron chi connectivity index (χ1n) is 10.2. The molecule has 5 heteroatoms. The molecule has 0 N–H and O–H groups in total. The normalized spacial score (nSPS) is 15.7. The largest absolute Gasteiger partial charge is 0.310 e. The quantitative estimate of drug-likeness (QED) is 0.639. The van der Waals surface area contributed by atoms with Crippen molar-refractivity contribution >= 4 is 11.6 Å². The summed E-state index contributed by atoms with van der Waals surface area (Å²) in [6.07, 6.45) is 3.14. The van der Waals surface area contributed by atoms with Crippen LogP contribution in [0.4, 0.5) is 10.1 Å². The monoisotopic (exact) mass is 404 g/mol. The summed E-state index contributed by atoms with van der Waals surface area (Å²) in [5.41, 5.74) is 5.16. The number of rotatable bonds is 3. The van der Waals surface area contributed by atoms with Crippen molar-refractivity contribution in [3.05, 3.63) is 98.7 Å². The fourth-order valence-electron chi connectivity index (χ4n) is 4.10. The molecule has 1 atom stereocenters. The minimum absolute atomic E-state index is 0.00476. The topological polar surface area (TPSA) is 42.3 Å². The number of benzene rings is 2. The molecule has 1 aromatic heterocycles. The maximum Gasteiger partial charge on any atom is 0.260 e. The van der Waals surface area contributed by atoms with Crippen LogP contribution in [0.3, 0.4) is 0 Å². The summed E-state index contributed by atoms with van der Waals surface area (Å²) in [6.45, 7) is 6.44. The van der Waals surface area contributed by atoms with Crippen LogP contribution in [0.1, 0.15) is 46.0 Å². The van der Waals surface area contributed by atoms with Crippen LogP contribution in [0.2, 0.25) is 0 Å². The van der Waals surface area contributed by atoms with E-state index in [0.29, 0.717) is 12.1 Å². The third-order valence-corrected chi connectivity index (χ3v) is 5.87. The van der Waals surface area contributed by atoms with E-state index in [0.717, 1.165) is 40.8 Å². The highest BCUT2D eigenvalue weighted by Gasteiger charge is 2.29. The maximum atomic E-state index is 13.7. The van der Waals surface area contributed by atoms with E-state index >= 15 is 0 Å². The van der Waals surface area contributed by atoms with Crippen molar-refractivity contribution in [2.75, 3.05) is 4.90 Å². The van der Waals surface area contributed by atoms with Crippen molar-refractivity contribution in [2.45, 2.75) is 46.2 Å². The number of halogens is 1. The van der Waals surface area contributed by atoms with Gasteiger partial charge in [-0.2, -0.15) is 0 Å². The van der Waals surface area contributed by atoms with Crippen molar-refractivity contribution < 1.29 is 9.18 Å². The van der Waals surface area contributed by atoms with Crippen molar-refractivity contribution in [3.8, 4) is 0 Å². The third-order valence-electron chi connectivity index (χ3n) is 5.87. The Labute approximate surface area is 175 Å². The van der Waals surface area contributed by atoms with Gasteiger partial charge in [-0.1, -0.05) is 23.8 Å². The van der Waals surface area contributed by atoms with Gasteiger partial charge in [0.05, 0.1) is 12.1 Å². The van der Waals surface area contributed by atoms with Crippen LogP contribution in [-0.2, 0) is 13.0 Å². The summed E-state index contributed by atoms with van der Waals surface area (Å²) >= 11 is 0. The average molecular weight is 404 g/mol. The SMILES string of the molecule is Cc1ccc(C)c(Cn2cc(C(=O)N3c4ccc(F)cc4CC[C@H]3C)ccc2=O)c1. The van der Waals surface area contributed by atoms with Gasteiger partial charge in [-0.05, 0) is 74.6 Å². The Bertz CT molecular complexity index is 1180. The molecule has 0 saturated heterocycles. The fourth-order valence-corrected chi connectivity index (χ4v) is 4.10. The number of aryl methyl sites for hydroxylation is 3. The minimum atomic E-state index is -0.294. The first kappa shape index (κ1) is 20.1. The summed E-state index contributed by atoms with van der Waals surface area (Å²) in [6, 6.07) is 13.7. The highest BCUT2D eigenvalue weighted by Crippen LogP contribution is 2.32. The zero-order chi connectivity index (χ0) is 21.4. The van der Waals surface area contributed by atoms with Gasteiger partial charge < -0.3 is 9.47 Å². The van der Waals surface area contributed by atoms with Gasteiger partial charge in [0.15, 0.2) is 0 Å². The van der Waals surface area contributed by atoms with Crippen LogP contribution in [0, 0.1) is 19.7 Å². The van der Waals surface area contributed by atoms with Crippen molar-refractivity contribution in [2.24, 2.45) is 0 Å². The first-order chi connectivity index (χ1) is 14.3. The smallest absolute Gasteiger partial charge is 0.260 e. The number of amides is 1. The Morgan fingerprint density at radius 3 is 2.70 bits per heavy atom. The second-order valence-corrected chi connectivity index (χ2v) is 8.15. The molecule has 0 fully saturated rings. The van der Waals surface area contributed by atoms with E-state index in [1.807, 2.05) is 32.9 Å². The van der Waals surface area contributed by atoms with Crippen LogP contribution >= 0.6 is 0 Å². The Morgan fingerprint density at radius 1 is 1.10 bits per heavy atom. The number of hydrogen-bond acceptors (Lipinski definition) is 2. The van der Waals surface area contributed by atoms with Gasteiger partial charge >= 0.3 is 0 Å². The summed E-state index contributed by atoms with van der Waals surface area (Å²) in [4.78, 5) is 27.6. The molecular formula is C25H25FN2O2. The van der Waals surface area contributed by atoms with Crippen LogP contribution in [-0.4, -0.2) is 16.5 Å². The van der Waals surface area contributed by atoms with E-state index in [1.165, 1.54) is 18.2 Å². The Kier molecular flexibility index (Phi) is 5.29. The predicted molar refractivity (Wildman–Crippen MR) is 117 cm³/mol. The zero-order valence-corrected chi connectivity index (χ0v) is 17.5. The number of nitrogens with zero attached hydrogens (tertiary/aromatic N) is 2. The number of fused-ring (bicyclic) bond motifs is 1. The molecule has 2 heterocycles. The van der Waals surface area contributed by atoms with Gasteiger partial charge in [-0.3, -0.25) is 9.59 Å². The molecule has 0 aliphatic carbocycles. The molecule has 2 aromatic carbocycles. The highest BCUT2D eigenvalue weighted by atomic mass is 19.1. The second kappa shape index (κ2) is 7.90. The zero-order valence-electron chi connectivity index (χ0n) is 17.5. The number of anilines is 1.